The Morgan fingerprint density at radius 2 is 1.87 bits per heavy atom. The first-order valence-corrected chi connectivity index (χ1v) is 11.6. The molecule has 0 amide bonds. The lowest BCUT2D eigenvalue weighted by Crippen LogP contribution is -2.30. The minimum atomic E-state index is 0.0399. The van der Waals surface area contributed by atoms with Gasteiger partial charge in [0, 0.05) is 29.8 Å². The van der Waals surface area contributed by atoms with Gasteiger partial charge < -0.3 is 14.8 Å². The van der Waals surface area contributed by atoms with Gasteiger partial charge in [-0.2, -0.15) is 0 Å². The molecule has 1 aromatic carbocycles. The monoisotopic (exact) mass is 432 g/mol. The number of thiocarbonyl (C=S) groups is 1. The maximum Gasteiger partial charge on any atom is 0.170 e. The van der Waals surface area contributed by atoms with Crippen molar-refractivity contribution >= 4 is 17.3 Å². The Hall–Kier alpha value is -2.66. The van der Waals surface area contributed by atoms with Crippen LogP contribution in [0.5, 0.6) is 0 Å². The number of nitrogens with one attached hydrogen (secondary N) is 1. The molecule has 0 unspecified atom stereocenters. The highest BCUT2D eigenvalue weighted by Gasteiger charge is 2.41. The van der Waals surface area contributed by atoms with E-state index in [0.29, 0.717) is 0 Å². The van der Waals surface area contributed by atoms with E-state index in [-0.39, 0.29) is 12.1 Å². The van der Waals surface area contributed by atoms with E-state index in [2.05, 4.69) is 90.8 Å². The molecule has 3 heterocycles. The van der Waals surface area contributed by atoms with E-state index in [1.54, 1.807) is 0 Å². The van der Waals surface area contributed by atoms with E-state index < -0.39 is 0 Å². The predicted molar refractivity (Wildman–Crippen MR) is 132 cm³/mol. The average Bonchev–Trinajstić information content (AvgIpc) is 3.24. The molecular weight excluding hydrogens is 400 g/mol. The molecule has 1 aliphatic rings. The summed E-state index contributed by atoms with van der Waals surface area (Å²) in [6.45, 7) is 12.0. The Labute approximate surface area is 191 Å². The van der Waals surface area contributed by atoms with Crippen LogP contribution in [0.25, 0.3) is 5.69 Å². The van der Waals surface area contributed by atoms with Crippen molar-refractivity contribution in [2.45, 2.75) is 59.5 Å². The molecule has 1 fully saturated rings. The van der Waals surface area contributed by atoms with Gasteiger partial charge in [-0.1, -0.05) is 31.5 Å². The Balaban J connectivity index is 1.84. The zero-order valence-corrected chi connectivity index (χ0v) is 20.0. The second-order valence-corrected chi connectivity index (χ2v) is 8.94. The lowest BCUT2D eigenvalue weighted by Gasteiger charge is -2.28. The maximum absolute atomic E-state index is 5.80. The predicted octanol–water partition coefficient (Wildman–Crippen LogP) is 5.88. The van der Waals surface area contributed by atoms with Crippen LogP contribution in [-0.2, 0) is 0 Å². The Morgan fingerprint density at radius 3 is 2.58 bits per heavy atom. The first kappa shape index (κ1) is 21.6. The largest absolute Gasteiger partial charge is 0.352 e. The third kappa shape index (κ3) is 3.87. The summed E-state index contributed by atoms with van der Waals surface area (Å²) in [5, 5.41) is 4.40. The summed E-state index contributed by atoms with van der Waals surface area (Å²) in [5.74, 6) is 0. The van der Waals surface area contributed by atoms with Crippen LogP contribution in [0.1, 0.15) is 65.6 Å². The first-order valence-electron chi connectivity index (χ1n) is 11.2. The van der Waals surface area contributed by atoms with Gasteiger partial charge >= 0.3 is 0 Å². The van der Waals surface area contributed by atoms with Crippen molar-refractivity contribution in [2.75, 3.05) is 6.54 Å². The molecule has 31 heavy (non-hydrogen) atoms. The molecular formula is C26H32N4S. The van der Waals surface area contributed by atoms with E-state index in [9.17, 15) is 0 Å². The fraction of sp³-hybridized carbons (Fsp3) is 0.385. The molecule has 162 valence electrons. The van der Waals surface area contributed by atoms with Gasteiger partial charge in [-0.15, -0.1) is 0 Å². The molecule has 1 N–H and O–H groups in total. The number of hydrogen-bond donors (Lipinski definition) is 1. The van der Waals surface area contributed by atoms with Crippen LogP contribution in [-0.4, -0.2) is 26.1 Å². The van der Waals surface area contributed by atoms with Gasteiger partial charge in [0.2, 0.25) is 0 Å². The molecule has 4 nitrogen and oxygen atoms in total. The number of pyridine rings is 1. The van der Waals surface area contributed by atoms with Crippen molar-refractivity contribution < 1.29 is 0 Å². The highest BCUT2D eigenvalue weighted by Crippen LogP contribution is 2.41. The van der Waals surface area contributed by atoms with Crippen molar-refractivity contribution in [1.82, 2.24) is 19.8 Å². The Kier molecular flexibility index (Phi) is 6.15. The number of benzene rings is 1. The SMILES string of the molecule is CCCCN1C(=S)N[C@@H](c2ccccn2)[C@@H]1c1cc(C)n(-c2cccc(C)c2C)c1C. The number of aromatic nitrogens is 2. The maximum atomic E-state index is 5.80. The quantitative estimate of drug-likeness (QED) is 0.493. The molecule has 1 aliphatic heterocycles. The summed E-state index contributed by atoms with van der Waals surface area (Å²) in [7, 11) is 0. The Morgan fingerprint density at radius 1 is 1.06 bits per heavy atom. The van der Waals surface area contributed by atoms with Crippen LogP contribution in [0.2, 0.25) is 0 Å². The lowest BCUT2D eigenvalue weighted by molar-refractivity contribution is 0.312. The van der Waals surface area contributed by atoms with E-state index in [0.717, 1.165) is 30.2 Å². The van der Waals surface area contributed by atoms with Crippen LogP contribution >= 0.6 is 12.2 Å². The summed E-state index contributed by atoms with van der Waals surface area (Å²) in [5.41, 5.74) is 8.75. The van der Waals surface area contributed by atoms with Gasteiger partial charge in [0.05, 0.1) is 17.8 Å². The average molecular weight is 433 g/mol. The van der Waals surface area contributed by atoms with Crippen molar-refractivity contribution in [3.8, 4) is 5.69 Å². The normalized spacial score (nSPS) is 18.5. The summed E-state index contributed by atoms with van der Waals surface area (Å²) in [4.78, 5) is 7.04. The highest BCUT2D eigenvalue weighted by molar-refractivity contribution is 7.80. The van der Waals surface area contributed by atoms with E-state index in [1.807, 2.05) is 12.3 Å². The molecule has 2 atom stereocenters. The van der Waals surface area contributed by atoms with Gasteiger partial charge in [0.1, 0.15) is 0 Å². The van der Waals surface area contributed by atoms with Gasteiger partial charge in [0.15, 0.2) is 5.11 Å². The topological polar surface area (TPSA) is 33.1 Å². The summed E-state index contributed by atoms with van der Waals surface area (Å²) < 4.78 is 2.40. The van der Waals surface area contributed by atoms with E-state index >= 15 is 0 Å². The molecule has 0 spiro atoms. The van der Waals surface area contributed by atoms with Crippen molar-refractivity contribution in [2.24, 2.45) is 0 Å². The third-order valence-corrected chi connectivity index (χ3v) is 6.91. The summed E-state index contributed by atoms with van der Waals surface area (Å²) in [6.07, 6.45) is 4.12. The standard InChI is InChI=1S/C26H32N4S/c1-6-7-15-29-25(24(28-26(29)31)22-12-8-9-14-27-22)21-16-18(3)30(20(21)5)23-13-10-11-17(2)19(23)4/h8-14,16,24-25H,6-7,15H2,1-5H3,(H,28,31)/t24-,25-/m0/s1. The van der Waals surface area contributed by atoms with Crippen LogP contribution in [0.4, 0.5) is 0 Å². The zero-order chi connectivity index (χ0) is 22.1. The molecule has 0 radical (unpaired) electrons. The van der Waals surface area contributed by atoms with Crippen LogP contribution in [0.3, 0.4) is 0 Å². The van der Waals surface area contributed by atoms with Gasteiger partial charge in [0.25, 0.3) is 0 Å². The van der Waals surface area contributed by atoms with Crippen LogP contribution < -0.4 is 5.32 Å². The molecule has 5 heteroatoms. The molecule has 0 aliphatic carbocycles. The molecule has 4 rings (SSSR count). The van der Waals surface area contributed by atoms with Gasteiger partial charge in [-0.3, -0.25) is 4.98 Å². The minimum Gasteiger partial charge on any atom is -0.352 e. The molecule has 0 bridgehead atoms. The molecule has 2 aromatic heterocycles. The van der Waals surface area contributed by atoms with Gasteiger partial charge in [-0.25, -0.2) is 0 Å². The Bertz CT molecular complexity index is 1090. The fourth-order valence-electron chi connectivity index (χ4n) is 4.75. The molecule has 3 aromatic rings. The second kappa shape index (κ2) is 8.83. The second-order valence-electron chi connectivity index (χ2n) is 8.55. The van der Waals surface area contributed by atoms with Gasteiger partial charge in [-0.05, 0) is 87.3 Å². The molecule has 1 saturated heterocycles. The number of aryl methyl sites for hydroxylation is 2. The number of unbranched alkanes of at least 4 members (excludes halogenated alkanes) is 1. The van der Waals surface area contributed by atoms with Crippen LogP contribution in [0.15, 0.2) is 48.7 Å². The molecule has 0 saturated carbocycles. The summed E-state index contributed by atoms with van der Waals surface area (Å²) >= 11 is 5.80. The highest BCUT2D eigenvalue weighted by atomic mass is 32.1. The fourth-order valence-corrected chi connectivity index (χ4v) is 5.08. The minimum absolute atomic E-state index is 0.0399. The van der Waals surface area contributed by atoms with Crippen molar-refractivity contribution in [3.63, 3.8) is 0 Å². The van der Waals surface area contributed by atoms with Crippen molar-refractivity contribution in [3.05, 3.63) is 82.4 Å². The number of nitrogens with zero attached hydrogens (tertiary/aromatic N) is 3. The zero-order valence-electron chi connectivity index (χ0n) is 19.1. The smallest absolute Gasteiger partial charge is 0.170 e. The lowest BCUT2D eigenvalue weighted by atomic mass is 9.96. The van der Waals surface area contributed by atoms with E-state index in [4.69, 9.17) is 12.2 Å². The van der Waals surface area contributed by atoms with E-state index in [1.165, 1.54) is 33.8 Å². The van der Waals surface area contributed by atoms with Crippen molar-refractivity contribution in [1.29, 1.82) is 0 Å². The number of hydrogen-bond acceptors (Lipinski definition) is 2. The van der Waals surface area contributed by atoms with Crippen LogP contribution in [0, 0.1) is 27.7 Å². The number of rotatable bonds is 6. The first-order chi connectivity index (χ1) is 14.9. The third-order valence-electron chi connectivity index (χ3n) is 6.56. The summed E-state index contributed by atoms with van der Waals surface area (Å²) in [6, 6.07) is 15.2.